The molecule has 2 aromatic heterocycles. The van der Waals surface area contributed by atoms with Crippen LogP contribution in [0.5, 0.6) is 5.75 Å². The summed E-state index contributed by atoms with van der Waals surface area (Å²) in [6, 6.07) is 14.1. The molecule has 0 spiro atoms. The highest BCUT2D eigenvalue weighted by Gasteiger charge is 2.32. The number of aryl methyl sites for hydroxylation is 1. The van der Waals surface area contributed by atoms with Gasteiger partial charge in [-0.3, -0.25) is 4.90 Å². The monoisotopic (exact) mass is 460 g/mol. The number of fused-ring (bicyclic) bond motifs is 1. The van der Waals surface area contributed by atoms with Gasteiger partial charge in [0.2, 0.25) is 0 Å². The number of methoxy groups -OCH3 is 1. The Hall–Kier alpha value is -3.09. The molecule has 5 nitrogen and oxygen atoms in total. The molecular weight excluding hydrogens is 432 g/mol. The van der Waals surface area contributed by atoms with Crippen LogP contribution < -0.4 is 4.74 Å². The van der Waals surface area contributed by atoms with E-state index in [9.17, 15) is 9.90 Å². The lowest BCUT2D eigenvalue weighted by Crippen LogP contribution is -2.36. The number of aromatic nitrogens is 1. The molecule has 0 radical (unpaired) electrons. The van der Waals surface area contributed by atoms with Crippen molar-refractivity contribution in [3.8, 4) is 5.75 Å². The first-order valence-electron chi connectivity index (χ1n) is 11.3. The molecule has 3 heterocycles. The van der Waals surface area contributed by atoms with E-state index in [2.05, 4.69) is 45.8 Å². The van der Waals surface area contributed by atoms with Crippen molar-refractivity contribution in [2.75, 3.05) is 13.7 Å². The van der Waals surface area contributed by atoms with Crippen LogP contribution in [0.3, 0.4) is 0 Å². The topological polar surface area (TPSA) is 65.6 Å². The van der Waals surface area contributed by atoms with Gasteiger partial charge in [0, 0.05) is 35.2 Å². The summed E-state index contributed by atoms with van der Waals surface area (Å²) in [5.74, 6) is 0.529. The molecule has 33 heavy (non-hydrogen) atoms. The van der Waals surface area contributed by atoms with Crippen LogP contribution in [0, 0.1) is 6.92 Å². The van der Waals surface area contributed by atoms with Crippen LogP contribution in [0.2, 0.25) is 0 Å². The zero-order valence-corrected chi connectivity index (χ0v) is 19.7. The number of piperidine rings is 1. The van der Waals surface area contributed by atoms with E-state index in [1.54, 1.807) is 30.6 Å². The lowest BCUT2D eigenvalue weighted by atomic mass is 9.83. The third kappa shape index (κ3) is 4.16. The molecule has 1 fully saturated rings. The number of aromatic amines is 1. The summed E-state index contributed by atoms with van der Waals surface area (Å²) in [6.07, 6.45) is 4.10. The molecule has 1 unspecified atom stereocenters. The van der Waals surface area contributed by atoms with Gasteiger partial charge in [0.1, 0.15) is 5.75 Å². The van der Waals surface area contributed by atoms with Crippen LogP contribution in [0.25, 0.3) is 10.9 Å². The molecule has 170 valence electrons. The van der Waals surface area contributed by atoms with Gasteiger partial charge < -0.3 is 14.8 Å². The van der Waals surface area contributed by atoms with Crippen molar-refractivity contribution in [2.45, 2.75) is 38.3 Å². The molecule has 0 amide bonds. The predicted molar refractivity (Wildman–Crippen MR) is 132 cm³/mol. The minimum atomic E-state index is -0.891. The van der Waals surface area contributed by atoms with Crippen LogP contribution in [-0.2, 0) is 6.54 Å². The number of ether oxygens (including phenoxy) is 1. The van der Waals surface area contributed by atoms with E-state index >= 15 is 0 Å². The minimum absolute atomic E-state index is 0.200. The average molecular weight is 461 g/mol. The van der Waals surface area contributed by atoms with Crippen LogP contribution in [-0.4, -0.2) is 34.6 Å². The minimum Gasteiger partial charge on any atom is -0.496 e. The van der Waals surface area contributed by atoms with Crippen molar-refractivity contribution < 1.29 is 14.6 Å². The van der Waals surface area contributed by atoms with Gasteiger partial charge in [-0.05, 0) is 90.0 Å². The van der Waals surface area contributed by atoms with Gasteiger partial charge in [0.05, 0.1) is 12.7 Å². The van der Waals surface area contributed by atoms with Crippen LogP contribution in [0.4, 0.5) is 0 Å². The van der Waals surface area contributed by atoms with Gasteiger partial charge >= 0.3 is 5.97 Å². The first-order valence-corrected chi connectivity index (χ1v) is 12.2. The maximum atomic E-state index is 11.4. The first-order chi connectivity index (χ1) is 16.0. The summed E-state index contributed by atoms with van der Waals surface area (Å²) in [7, 11) is 1.74. The van der Waals surface area contributed by atoms with Gasteiger partial charge in [-0.25, -0.2) is 4.79 Å². The number of carboxylic acid groups (broad SMARTS) is 1. The van der Waals surface area contributed by atoms with E-state index in [1.807, 2.05) is 18.3 Å². The maximum absolute atomic E-state index is 11.4. The number of rotatable bonds is 6. The molecule has 2 N–H and O–H groups in total. The summed E-state index contributed by atoms with van der Waals surface area (Å²) in [5.41, 5.74) is 6.42. The van der Waals surface area contributed by atoms with Crippen LogP contribution in [0.15, 0.2) is 59.4 Å². The van der Waals surface area contributed by atoms with E-state index in [-0.39, 0.29) is 6.04 Å². The number of thiophene rings is 1. The number of hydrogen-bond donors (Lipinski definition) is 2. The summed E-state index contributed by atoms with van der Waals surface area (Å²) in [5, 5.41) is 14.9. The molecule has 0 bridgehead atoms. The second-order valence-corrected chi connectivity index (χ2v) is 9.61. The Balaban J connectivity index is 1.51. The number of aromatic carboxylic acids is 1. The third-order valence-electron chi connectivity index (χ3n) is 6.96. The molecule has 1 aliphatic heterocycles. The van der Waals surface area contributed by atoms with Crippen molar-refractivity contribution in [1.29, 1.82) is 0 Å². The summed E-state index contributed by atoms with van der Waals surface area (Å²) in [4.78, 5) is 17.3. The number of hydrogen-bond acceptors (Lipinski definition) is 4. The number of carbonyl (C=O) groups is 1. The Labute approximate surface area is 197 Å². The fourth-order valence-corrected chi connectivity index (χ4v) is 5.93. The number of nitrogens with one attached hydrogen (secondary N) is 1. The number of nitrogens with zero attached hydrogens (tertiary/aromatic N) is 1. The van der Waals surface area contributed by atoms with E-state index in [0.717, 1.165) is 42.8 Å². The van der Waals surface area contributed by atoms with Gasteiger partial charge in [0.15, 0.2) is 0 Å². The van der Waals surface area contributed by atoms with Gasteiger partial charge in [-0.1, -0.05) is 12.1 Å². The van der Waals surface area contributed by atoms with Crippen molar-refractivity contribution in [1.82, 2.24) is 9.88 Å². The van der Waals surface area contributed by atoms with Crippen LogP contribution >= 0.6 is 11.3 Å². The Morgan fingerprint density at radius 3 is 2.73 bits per heavy atom. The highest BCUT2D eigenvalue weighted by molar-refractivity contribution is 7.08. The quantitative estimate of drug-likeness (QED) is 0.351. The van der Waals surface area contributed by atoms with E-state index in [1.165, 1.54) is 22.1 Å². The predicted octanol–water partition coefficient (Wildman–Crippen LogP) is 6.37. The normalized spacial score (nSPS) is 19.1. The van der Waals surface area contributed by atoms with Gasteiger partial charge in [-0.15, -0.1) is 0 Å². The second kappa shape index (κ2) is 9.04. The summed E-state index contributed by atoms with van der Waals surface area (Å²) < 4.78 is 5.80. The second-order valence-electron chi connectivity index (χ2n) is 8.83. The first kappa shape index (κ1) is 21.7. The molecule has 2 atom stereocenters. The molecule has 2 aromatic carbocycles. The van der Waals surface area contributed by atoms with E-state index in [4.69, 9.17) is 4.74 Å². The van der Waals surface area contributed by atoms with Crippen molar-refractivity contribution in [2.24, 2.45) is 0 Å². The van der Waals surface area contributed by atoms with Gasteiger partial charge in [-0.2, -0.15) is 11.3 Å². The van der Waals surface area contributed by atoms with E-state index < -0.39 is 5.97 Å². The molecule has 1 saturated heterocycles. The average Bonchev–Trinajstić information content (AvgIpc) is 3.54. The lowest BCUT2D eigenvalue weighted by Gasteiger charge is -2.40. The molecule has 4 aromatic rings. The maximum Gasteiger partial charge on any atom is 0.335 e. The molecular formula is C27H28N2O3S. The zero-order chi connectivity index (χ0) is 22.9. The number of benzene rings is 2. The summed E-state index contributed by atoms with van der Waals surface area (Å²) >= 11 is 1.75. The Morgan fingerprint density at radius 2 is 2.03 bits per heavy atom. The Morgan fingerprint density at radius 1 is 1.21 bits per heavy atom. The molecule has 0 aliphatic carbocycles. The SMILES string of the molecule is COc1cc(C)c2[nH]ccc2c1CN1CCC(c2ccsc2)C[C@H]1c1ccc(C(=O)O)cc1. The number of likely N-dealkylation sites (tertiary alicyclic amines) is 1. The van der Waals surface area contributed by atoms with Crippen molar-refractivity contribution >= 4 is 28.2 Å². The lowest BCUT2D eigenvalue weighted by molar-refractivity contribution is 0.0696. The standard InChI is InChI=1S/C27H28N2O3S/c1-17-13-25(32-2)23(22-7-10-28-26(17)22)15-29-11-8-20(21-9-12-33-16-21)14-24(29)18-3-5-19(6-4-18)27(30)31/h3-7,9-10,12-13,16,20,24,28H,8,11,14-15H2,1-2H3,(H,30,31)/t20?,24-/m0/s1. The Bertz CT molecular complexity index is 1260. The largest absolute Gasteiger partial charge is 0.496 e. The van der Waals surface area contributed by atoms with Crippen molar-refractivity contribution in [3.63, 3.8) is 0 Å². The number of carboxylic acids is 1. The molecule has 0 saturated carbocycles. The zero-order valence-electron chi connectivity index (χ0n) is 18.9. The highest BCUT2D eigenvalue weighted by Crippen LogP contribution is 2.42. The van der Waals surface area contributed by atoms with Crippen molar-refractivity contribution in [3.05, 3.63) is 87.2 Å². The molecule has 1 aliphatic rings. The highest BCUT2D eigenvalue weighted by atomic mass is 32.1. The van der Waals surface area contributed by atoms with E-state index in [0.29, 0.717) is 11.5 Å². The molecule has 5 rings (SSSR count). The number of H-pyrrole nitrogens is 1. The van der Waals surface area contributed by atoms with Gasteiger partial charge in [0.25, 0.3) is 0 Å². The Kier molecular flexibility index (Phi) is 5.96. The van der Waals surface area contributed by atoms with Crippen LogP contribution in [0.1, 0.15) is 57.4 Å². The fraction of sp³-hybridized carbons (Fsp3) is 0.296. The third-order valence-corrected chi connectivity index (χ3v) is 7.66. The smallest absolute Gasteiger partial charge is 0.335 e. The summed E-state index contributed by atoms with van der Waals surface area (Å²) in [6.45, 7) is 3.85. The fourth-order valence-electron chi connectivity index (χ4n) is 5.19. The molecule has 6 heteroatoms.